The number of thiophene rings is 1. The summed E-state index contributed by atoms with van der Waals surface area (Å²) in [4.78, 5) is 3.91. The van der Waals surface area contributed by atoms with Gasteiger partial charge in [-0.1, -0.05) is 6.07 Å². The molecule has 0 bridgehead atoms. The third-order valence-corrected chi connectivity index (χ3v) is 3.83. The van der Waals surface area contributed by atoms with Gasteiger partial charge in [0.2, 0.25) is 0 Å². The van der Waals surface area contributed by atoms with Gasteiger partial charge in [0, 0.05) is 17.5 Å². The summed E-state index contributed by atoms with van der Waals surface area (Å²) < 4.78 is 0. The highest BCUT2D eigenvalue weighted by molar-refractivity contribution is 7.10. The molecule has 0 aliphatic carbocycles. The maximum Gasteiger partial charge on any atom is 0.0463 e. The largest absolute Gasteiger partial charge is 0.396 e. The van der Waals surface area contributed by atoms with Crippen LogP contribution in [0.25, 0.3) is 0 Å². The van der Waals surface area contributed by atoms with Gasteiger partial charge in [-0.05, 0) is 43.8 Å². The number of nitrogens with zero attached hydrogens (tertiary/aromatic N) is 1. The molecule has 0 aromatic carbocycles. The first-order chi connectivity index (χ1) is 6.92. The Labute approximate surface area is 89.2 Å². The predicted molar refractivity (Wildman–Crippen MR) is 59.6 cm³/mol. The normalized spacial score (nSPS) is 20.1. The zero-order valence-electron chi connectivity index (χ0n) is 8.35. The van der Waals surface area contributed by atoms with Gasteiger partial charge in [-0.25, -0.2) is 0 Å². The molecule has 1 fully saturated rings. The van der Waals surface area contributed by atoms with Crippen LogP contribution >= 0.6 is 11.3 Å². The molecule has 1 saturated heterocycles. The summed E-state index contributed by atoms with van der Waals surface area (Å²) in [5, 5.41) is 11.2. The van der Waals surface area contributed by atoms with Crippen LogP contribution in [0.15, 0.2) is 17.5 Å². The molecule has 0 saturated carbocycles. The van der Waals surface area contributed by atoms with Crippen molar-refractivity contribution in [1.82, 2.24) is 4.90 Å². The Morgan fingerprint density at radius 3 is 2.79 bits per heavy atom. The molecule has 1 atom stereocenters. The second-order valence-corrected chi connectivity index (χ2v) is 4.77. The number of hydrogen-bond donors (Lipinski definition) is 1. The van der Waals surface area contributed by atoms with E-state index in [4.69, 9.17) is 5.11 Å². The first kappa shape index (κ1) is 10.1. The fourth-order valence-electron chi connectivity index (χ4n) is 2.16. The first-order valence-electron chi connectivity index (χ1n) is 5.30. The lowest BCUT2D eigenvalue weighted by atomic mass is 10.1. The van der Waals surface area contributed by atoms with Crippen molar-refractivity contribution in [1.29, 1.82) is 0 Å². The lowest BCUT2D eigenvalue weighted by Crippen LogP contribution is -2.25. The van der Waals surface area contributed by atoms with Crippen LogP contribution in [0.4, 0.5) is 0 Å². The maximum absolute atomic E-state index is 9.07. The van der Waals surface area contributed by atoms with Crippen molar-refractivity contribution in [3.63, 3.8) is 0 Å². The van der Waals surface area contributed by atoms with Crippen molar-refractivity contribution in [3.05, 3.63) is 22.4 Å². The Balaban J connectivity index is 2.06. The van der Waals surface area contributed by atoms with E-state index in [1.807, 2.05) is 0 Å². The molecule has 14 heavy (non-hydrogen) atoms. The van der Waals surface area contributed by atoms with Gasteiger partial charge in [0.1, 0.15) is 0 Å². The molecule has 1 aromatic heterocycles. The predicted octanol–water partition coefficient (Wildman–Crippen LogP) is 2.27. The minimum Gasteiger partial charge on any atom is -0.396 e. The Morgan fingerprint density at radius 1 is 1.43 bits per heavy atom. The van der Waals surface area contributed by atoms with Gasteiger partial charge >= 0.3 is 0 Å². The second-order valence-electron chi connectivity index (χ2n) is 3.79. The average Bonchev–Trinajstić information content (AvgIpc) is 2.87. The molecule has 0 spiro atoms. The van der Waals surface area contributed by atoms with E-state index < -0.39 is 0 Å². The SMILES string of the molecule is OCCC(c1cccs1)N1CCCC1. The molecule has 1 N–H and O–H groups in total. The molecular formula is C11H17NOS. The topological polar surface area (TPSA) is 23.5 Å². The highest BCUT2D eigenvalue weighted by atomic mass is 32.1. The van der Waals surface area contributed by atoms with E-state index in [0.717, 1.165) is 6.42 Å². The Bertz CT molecular complexity index is 254. The smallest absolute Gasteiger partial charge is 0.0463 e. The lowest BCUT2D eigenvalue weighted by molar-refractivity contribution is 0.188. The summed E-state index contributed by atoms with van der Waals surface area (Å²) in [5.41, 5.74) is 0. The van der Waals surface area contributed by atoms with E-state index in [2.05, 4.69) is 22.4 Å². The van der Waals surface area contributed by atoms with E-state index in [0.29, 0.717) is 12.6 Å². The van der Waals surface area contributed by atoms with Crippen molar-refractivity contribution in [2.45, 2.75) is 25.3 Å². The van der Waals surface area contributed by atoms with Crippen LogP contribution in [0.2, 0.25) is 0 Å². The molecule has 0 radical (unpaired) electrons. The lowest BCUT2D eigenvalue weighted by Gasteiger charge is -2.25. The maximum atomic E-state index is 9.07. The summed E-state index contributed by atoms with van der Waals surface area (Å²) in [6.07, 6.45) is 3.50. The molecule has 2 rings (SSSR count). The van der Waals surface area contributed by atoms with E-state index in [9.17, 15) is 0 Å². The molecule has 1 aromatic rings. The van der Waals surface area contributed by atoms with Crippen molar-refractivity contribution >= 4 is 11.3 Å². The molecule has 1 aliphatic heterocycles. The summed E-state index contributed by atoms with van der Waals surface area (Å²) in [6, 6.07) is 4.74. The number of hydrogen-bond acceptors (Lipinski definition) is 3. The van der Waals surface area contributed by atoms with Crippen LogP contribution in [0.5, 0.6) is 0 Å². The molecule has 1 unspecified atom stereocenters. The van der Waals surface area contributed by atoms with Crippen molar-refractivity contribution in [2.24, 2.45) is 0 Å². The average molecular weight is 211 g/mol. The number of aliphatic hydroxyl groups is 1. The third-order valence-electron chi connectivity index (χ3n) is 2.86. The Hall–Kier alpha value is -0.380. The van der Waals surface area contributed by atoms with Gasteiger partial charge in [-0.3, -0.25) is 4.90 Å². The Kier molecular flexibility index (Phi) is 3.56. The standard InChI is InChI=1S/C11H17NOS/c13-8-5-10(11-4-3-9-14-11)12-6-1-2-7-12/h3-4,9-10,13H,1-2,5-8H2. The van der Waals surface area contributed by atoms with Crippen LogP contribution < -0.4 is 0 Å². The van der Waals surface area contributed by atoms with Crippen LogP contribution in [0.3, 0.4) is 0 Å². The fourth-order valence-corrected chi connectivity index (χ4v) is 3.06. The summed E-state index contributed by atoms with van der Waals surface area (Å²) >= 11 is 1.81. The summed E-state index contributed by atoms with van der Waals surface area (Å²) in [5.74, 6) is 0. The molecule has 3 heteroatoms. The van der Waals surface area contributed by atoms with E-state index in [1.54, 1.807) is 11.3 Å². The van der Waals surface area contributed by atoms with Gasteiger partial charge in [-0.2, -0.15) is 0 Å². The first-order valence-corrected chi connectivity index (χ1v) is 6.18. The molecule has 78 valence electrons. The van der Waals surface area contributed by atoms with Gasteiger partial charge in [0.15, 0.2) is 0 Å². The minimum atomic E-state index is 0.291. The fraction of sp³-hybridized carbons (Fsp3) is 0.636. The zero-order chi connectivity index (χ0) is 9.80. The highest BCUT2D eigenvalue weighted by Crippen LogP contribution is 2.30. The molecule has 2 heterocycles. The van der Waals surface area contributed by atoms with Gasteiger partial charge in [0.25, 0.3) is 0 Å². The van der Waals surface area contributed by atoms with Gasteiger partial charge in [-0.15, -0.1) is 11.3 Å². The Morgan fingerprint density at radius 2 is 2.21 bits per heavy atom. The molecule has 2 nitrogen and oxygen atoms in total. The number of aliphatic hydroxyl groups excluding tert-OH is 1. The quantitative estimate of drug-likeness (QED) is 0.826. The van der Waals surface area contributed by atoms with Crippen LogP contribution in [-0.4, -0.2) is 29.7 Å². The highest BCUT2D eigenvalue weighted by Gasteiger charge is 2.23. The van der Waals surface area contributed by atoms with Crippen molar-refractivity contribution in [3.8, 4) is 0 Å². The number of rotatable bonds is 4. The molecule has 0 amide bonds. The molecule has 1 aliphatic rings. The van der Waals surface area contributed by atoms with E-state index in [-0.39, 0.29) is 0 Å². The van der Waals surface area contributed by atoms with Crippen LogP contribution in [-0.2, 0) is 0 Å². The summed E-state index contributed by atoms with van der Waals surface area (Å²) in [7, 11) is 0. The third kappa shape index (κ3) is 2.16. The second kappa shape index (κ2) is 4.91. The van der Waals surface area contributed by atoms with E-state index >= 15 is 0 Å². The van der Waals surface area contributed by atoms with Crippen molar-refractivity contribution < 1.29 is 5.11 Å². The zero-order valence-corrected chi connectivity index (χ0v) is 9.17. The summed E-state index contributed by atoms with van der Waals surface area (Å²) in [6.45, 7) is 2.68. The van der Waals surface area contributed by atoms with Crippen LogP contribution in [0, 0.1) is 0 Å². The number of likely N-dealkylation sites (tertiary alicyclic amines) is 1. The van der Waals surface area contributed by atoms with Gasteiger partial charge < -0.3 is 5.11 Å². The van der Waals surface area contributed by atoms with Gasteiger partial charge in [0.05, 0.1) is 0 Å². The van der Waals surface area contributed by atoms with E-state index in [1.165, 1.54) is 30.8 Å². The van der Waals surface area contributed by atoms with Crippen molar-refractivity contribution in [2.75, 3.05) is 19.7 Å². The monoisotopic (exact) mass is 211 g/mol. The minimum absolute atomic E-state index is 0.291. The van der Waals surface area contributed by atoms with Crippen LogP contribution in [0.1, 0.15) is 30.2 Å². The molecular weight excluding hydrogens is 194 g/mol.